The van der Waals surface area contributed by atoms with Gasteiger partial charge >= 0.3 is 0 Å². The molecule has 0 fully saturated rings. The fourth-order valence-electron chi connectivity index (χ4n) is 2.36. The molecule has 0 atom stereocenters. The van der Waals surface area contributed by atoms with Crippen LogP contribution in [0.5, 0.6) is 11.5 Å². The van der Waals surface area contributed by atoms with Crippen LogP contribution in [0.1, 0.15) is 13.8 Å². The molecule has 0 aliphatic carbocycles. The molecule has 24 heavy (non-hydrogen) atoms. The molecule has 126 valence electrons. The van der Waals surface area contributed by atoms with E-state index >= 15 is 0 Å². The molecule has 0 saturated heterocycles. The molecule has 3 rings (SSSR count). The first-order chi connectivity index (χ1) is 11.4. The Morgan fingerprint density at radius 2 is 1.62 bits per heavy atom. The number of benzene rings is 2. The molecule has 5 nitrogen and oxygen atoms in total. The molecule has 2 aromatic carbocycles. The third kappa shape index (κ3) is 3.82. The number of carbonyl (C=O) groups excluding carboxylic acids is 1. The van der Waals surface area contributed by atoms with Crippen molar-refractivity contribution in [3.8, 4) is 11.5 Å². The van der Waals surface area contributed by atoms with E-state index in [1.54, 1.807) is 0 Å². The summed E-state index contributed by atoms with van der Waals surface area (Å²) in [4.78, 5) is 12.6. The fraction of sp³-hybridized carbons (Fsp3) is 0.278. The van der Waals surface area contributed by atoms with Crippen molar-refractivity contribution < 1.29 is 14.3 Å². The van der Waals surface area contributed by atoms with E-state index in [0.717, 1.165) is 21.6 Å². The Balaban J connectivity index is 1.70. The Bertz CT molecular complexity index is 744. The Hall–Kier alpha value is -2.21. The van der Waals surface area contributed by atoms with Crippen molar-refractivity contribution in [2.75, 3.05) is 23.8 Å². The van der Waals surface area contributed by atoms with Crippen LogP contribution < -0.4 is 20.1 Å². The highest BCUT2D eigenvalue weighted by Gasteiger charge is 2.28. The lowest BCUT2D eigenvalue weighted by Gasteiger charge is -2.27. The summed E-state index contributed by atoms with van der Waals surface area (Å²) >= 11 is 3.38. The number of ether oxygens (including phenoxy) is 2. The Labute approximate surface area is 149 Å². The lowest BCUT2D eigenvalue weighted by molar-refractivity contribution is -0.119. The van der Waals surface area contributed by atoms with Crippen LogP contribution in [0.2, 0.25) is 0 Å². The lowest BCUT2D eigenvalue weighted by Crippen LogP contribution is -2.44. The summed E-state index contributed by atoms with van der Waals surface area (Å²) in [6, 6.07) is 13.0. The van der Waals surface area contributed by atoms with E-state index in [4.69, 9.17) is 9.47 Å². The van der Waals surface area contributed by atoms with Gasteiger partial charge in [0.2, 0.25) is 5.91 Å². The number of amides is 1. The van der Waals surface area contributed by atoms with Crippen LogP contribution in [0.15, 0.2) is 46.9 Å². The third-order valence-corrected chi connectivity index (χ3v) is 4.20. The monoisotopic (exact) mass is 390 g/mol. The fourth-order valence-corrected chi connectivity index (χ4v) is 2.62. The second kappa shape index (κ2) is 6.73. The summed E-state index contributed by atoms with van der Waals surface area (Å²) in [6.45, 7) is 4.75. The molecule has 0 bridgehead atoms. The van der Waals surface area contributed by atoms with Crippen molar-refractivity contribution in [3.05, 3.63) is 46.9 Å². The minimum Gasteiger partial charge on any atom is -0.486 e. The Morgan fingerprint density at radius 3 is 2.33 bits per heavy atom. The topological polar surface area (TPSA) is 59.6 Å². The molecule has 0 saturated carbocycles. The zero-order valence-corrected chi connectivity index (χ0v) is 15.1. The van der Waals surface area contributed by atoms with Crippen molar-refractivity contribution in [1.82, 2.24) is 0 Å². The molecule has 1 aliphatic rings. The van der Waals surface area contributed by atoms with Crippen LogP contribution in [0.4, 0.5) is 11.4 Å². The summed E-state index contributed by atoms with van der Waals surface area (Å²) in [5, 5.41) is 6.16. The van der Waals surface area contributed by atoms with Gasteiger partial charge in [0.15, 0.2) is 11.5 Å². The van der Waals surface area contributed by atoms with E-state index in [9.17, 15) is 4.79 Å². The minimum atomic E-state index is -0.795. The van der Waals surface area contributed by atoms with E-state index in [0.29, 0.717) is 19.0 Å². The predicted molar refractivity (Wildman–Crippen MR) is 97.9 cm³/mol. The van der Waals surface area contributed by atoms with Crippen molar-refractivity contribution in [1.29, 1.82) is 0 Å². The normalized spacial score (nSPS) is 13.3. The van der Waals surface area contributed by atoms with Gasteiger partial charge < -0.3 is 20.1 Å². The van der Waals surface area contributed by atoms with Crippen molar-refractivity contribution in [3.63, 3.8) is 0 Å². The van der Waals surface area contributed by atoms with E-state index < -0.39 is 5.54 Å². The highest BCUT2D eigenvalue weighted by atomic mass is 79.9. The number of nitrogens with one attached hydrogen (secondary N) is 2. The van der Waals surface area contributed by atoms with Crippen molar-refractivity contribution in [2.24, 2.45) is 0 Å². The zero-order chi connectivity index (χ0) is 17.2. The number of hydrogen-bond acceptors (Lipinski definition) is 4. The van der Waals surface area contributed by atoms with Gasteiger partial charge in [0, 0.05) is 21.9 Å². The molecular formula is C18H19BrN2O3. The molecule has 0 radical (unpaired) electrons. The van der Waals surface area contributed by atoms with Crippen molar-refractivity contribution >= 4 is 33.2 Å². The first-order valence-electron chi connectivity index (χ1n) is 7.69. The van der Waals surface area contributed by atoms with Crippen LogP contribution in [-0.2, 0) is 4.79 Å². The first kappa shape index (κ1) is 16.6. The second-order valence-electron chi connectivity index (χ2n) is 6.07. The van der Waals surface area contributed by atoms with Gasteiger partial charge in [-0.2, -0.15) is 0 Å². The zero-order valence-electron chi connectivity index (χ0n) is 13.6. The van der Waals surface area contributed by atoms with Gasteiger partial charge in [-0.1, -0.05) is 15.9 Å². The molecule has 0 spiro atoms. The van der Waals surface area contributed by atoms with E-state index in [1.807, 2.05) is 56.3 Å². The van der Waals surface area contributed by atoms with Gasteiger partial charge in [-0.25, -0.2) is 0 Å². The van der Waals surface area contributed by atoms with Gasteiger partial charge in [0.25, 0.3) is 0 Å². The van der Waals surface area contributed by atoms with E-state index in [1.165, 1.54) is 0 Å². The summed E-state index contributed by atoms with van der Waals surface area (Å²) in [5.74, 6) is 1.29. The van der Waals surface area contributed by atoms with Crippen LogP contribution in [0.25, 0.3) is 0 Å². The van der Waals surface area contributed by atoms with Gasteiger partial charge in [-0.15, -0.1) is 0 Å². The summed E-state index contributed by atoms with van der Waals surface area (Å²) < 4.78 is 12.1. The maximum absolute atomic E-state index is 12.6. The standard InChI is InChI=1S/C18H19BrN2O3/c1-18(2,17(22)20-13-5-3-12(19)4-6-13)21-14-7-8-15-16(11-14)24-10-9-23-15/h3-8,11,21H,9-10H2,1-2H3,(H,20,22). The van der Waals surface area contributed by atoms with Crippen LogP contribution >= 0.6 is 15.9 Å². The number of fused-ring (bicyclic) bond motifs is 1. The van der Waals surface area contributed by atoms with Crippen LogP contribution in [0, 0.1) is 0 Å². The number of anilines is 2. The average Bonchev–Trinajstić information content (AvgIpc) is 2.56. The third-order valence-electron chi connectivity index (χ3n) is 3.67. The molecule has 2 aromatic rings. The number of hydrogen-bond donors (Lipinski definition) is 2. The maximum Gasteiger partial charge on any atom is 0.249 e. The number of carbonyl (C=O) groups is 1. The minimum absolute atomic E-state index is 0.125. The first-order valence-corrected chi connectivity index (χ1v) is 8.48. The summed E-state index contributed by atoms with van der Waals surface area (Å²) in [5.41, 5.74) is 0.757. The smallest absolute Gasteiger partial charge is 0.249 e. The molecule has 0 aromatic heterocycles. The summed E-state index contributed by atoms with van der Waals surface area (Å²) in [6.07, 6.45) is 0. The molecule has 1 heterocycles. The van der Waals surface area contributed by atoms with Gasteiger partial charge in [0.1, 0.15) is 18.8 Å². The van der Waals surface area contributed by atoms with Gasteiger partial charge in [-0.3, -0.25) is 4.79 Å². The molecule has 1 amide bonds. The highest BCUT2D eigenvalue weighted by Crippen LogP contribution is 2.33. The Kier molecular flexibility index (Phi) is 4.66. The largest absolute Gasteiger partial charge is 0.486 e. The summed E-state index contributed by atoms with van der Waals surface area (Å²) in [7, 11) is 0. The van der Waals surface area contributed by atoms with E-state index in [2.05, 4.69) is 26.6 Å². The van der Waals surface area contributed by atoms with Gasteiger partial charge in [-0.05, 0) is 50.2 Å². The van der Waals surface area contributed by atoms with Crippen molar-refractivity contribution in [2.45, 2.75) is 19.4 Å². The number of rotatable bonds is 4. The molecule has 6 heteroatoms. The average molecular weight is 391 g/mol. The predicted octanol–water partition coefficient (Wildman–Crippen LogP) is 4.05. The molecule has 2 N–H and O–H groups in total. The van der Waals surface area contributed by atoms with E-state index in [-0.39, 0.29) is 5.91 Å². The highest BCUT2D eigenvalue weighted by molar-refractivity contribution is 9.10. The Morgan fingerprint density at radius 1 is 1.00 bits per heavy atom. The quantitative estimate of drug-likeness (QED) is 0.826. The second-order valence-corrected chi connectivity index (χ2v) is 6.99. The molecular weight excluding hydrogens is 372 g/mol. The maximum atomic E-state index is 12.6. The SMILES string of the molecule is CC(C)(Nc1ccc2c(c1)OCCO2)C(=O)Nc1ccc(Br)cc1. The lowest BCUT2D eigenvalue weighted by atomic mass is 10.0. The van der Waals surface area contributed by atoms with Crippen LogP contribution in [0.3, 0.4) is 0 Å². The molecule has 1 aliphatic heterocycles. The number of halogens is 1. The van der Waals surface area contributed by atoms with Crippen LogP contribution in [-0.4, -0.2) is 24.7 Å². The molecule has 0 unspecified atom stereocenters. The van der Waals surface area contributed by atoms with Gasteiger partial charge in [0.05, 0.1) is 0 Å².